The highest BCUT2D eigenvalue weighted by atomic mass is 19.1. The lowest BCUT2D eigenvalue weighted by atomic mass is 10.1. The van der Waals surface area contributed by atoms with Crippen molar-refractivity contribution in [2.24, 2.45) is 5.73 Å². The van der Waals surface area contributed by atoms with E-state index in [4.69, 9.17) is 5.73 Å². The molecule has 0 heterocycles. The summed E-state index contributed by atoms with van der Waals surface area (Å²) in [4.78, 5) is 21.0. The normalized spacial score (nSPS) is 10.1. The molecule has 0 radical (unpaired) electrons. The maximum atomic E-state index is 13.6. The molecule has 0 aliphatic heterocycles. The lowest BCUT2D eigenvalue weighted by Gasteiger charge is -2.08. The number of rotatable bonds is 5. The molecule has 0 atom stereocenters. The zero-order valence-corrected chi connectivity index (χ0v) is 10.9. The number of anilines is 1. The summed E-state index contributed by atoms with van der Waals surface area (Å²) in [5.74, 6) is -1.10. The number of halogens is 1. The largest absolute Gasteiger partial charge is 0.378 e. The van der Waals surface area contributed by atoms with E-state index in [1.807, 2.05) is 0 Å². The van der Waals surface area contributed by atoms with Crippen LogP contribution in [0.3, 0.4) is 0 Å². The molecule has 2 aromatic rings. The molecule has 6 nitrogen and oxygen atoms in total. The van der Waals surface area contributed by atoms with Crippen LogP contribution >= 0.6 is 0 Å². The Labute approximate surface area is 119 Å². The van der Waals surface area contributed by atoms with Crippen LogP contribution in [0.15, 0.2) is 42.5 Å². The van der Waals surface area contributed by atoms with E-state index >= 15 is 0 Å². The molecule has 2 aromatic carbocycles. The molecule has 0 aliphatic carbocycles. The van der Waals surface area contributed by atoms with Crippen LogP contribution in [0.25, 0.3) is 0 Å². The topological polar surface area (TPSA) is 98.3 Å². The number of non-ortho nitro benzene ring substituents is 1. The van der Waals surface area contributed by atoms with E-state index in [-0.39, 0.29) is 17.9 Å². The number of carbonyl (C=O) groups is 1. The first kappa shape index (κ1) is 14.4. The number of carbonyl (C=O) groups excluding carboxylic acids is 1. The van der Waals surface area contributed by atoms with Crippen LogP contribution in [0.1, 0.15) is 15.9 Å². The van der Waals surface area contributed by atoms with Gasteiger partial charge in [0, 0.05) is 24.2 Å². The van der Waals surface area contributed by atoms with Gasteiger partial charge in [-0.15, -0.1) is 0 Å². The maximum absolute atomic E-state index is 13.6. The van der Waals surface area contributed by atoms with Gasteiger partial charge in [0.1, 0.15) is 5.82 Å². The molecule has 0 saturated carbocycles. The van der Waals surface area contributed by atoms with Crippen LogP contribution in [0.2, 0.25) is 0 Å². The van der Waals surface area contributed by atoms with Crippen LogP contribution in [0, 0.1) is 15.9 Å². The summed E-state index contributed by atoms with van der Waals surface area (Å²) in [6, 6.07) is 9.73. The highest BCUT2D eigenvalue weighted by Gasteiger charge is 2.10. The second-order valence-corrected chi connectivity index (χ2v) is 4.34. The lowest BCUT2D eigenvalue weighted by molar-refractivity contribution is -0.384. The fourth-order valence-corrected chi connectivity index (χ4v) is 1.75. The van der Waals surface area contributed by atoms with Crippen LogP contribution in [0.4, 0.5) is 15.8 Å². The van der Waals surface area contributed by atoms with E-state index in [1.165, 1.54) is 0 Å². The number of nitrogens with zero attached hydrogens (tertiary/aromatic N) is 1. The molecule has 3 N–H and O–H groups in total. The molecule has 0 unspecified atom stereocenters. The van der Waals surface area contributed by atoms with Gasteiger partial charge in [0.05, 0.1) is 10.6 Å². The fourth-order valence-electron chi connectivity index (χ4n) is 1.75. The fraction of sp³-hybridized carbons (Fsp3) is 0.0714. The van der Waals surface area contributed by atoms with Crippen molar-refractivity contribution in [3.8, 4) is 0 Å². The number of nitro benzene ring substituents is 1. The van der Waals surface area contributed by atoms with Crippen molar-refractivity contribution in [1.82, 2.24) is 0 Å². The number of hydrogen-bond acceptors (Lipinski definition) is 4. The maximum Gasteiger partial charge on any atom is 0.271 e. The van der Waals surface area contributed by atoms with Crippen molar-refractivity contribution in [3.05, 3.63) is 69.5 Å². The van der Waals surface area contributed by atoms with E-state index in [0.29, 0.717) is 5.56 Å². The zero-order valence-electron chi connectivity index (χ0n) is 10.9. The van der Waals surface area contributed by atoms with E-state index in [1.54, 1.807) is 24.3 Å². The summed E-state index contributed by atoms with van der Waals surface area (Å²) in [5.41, 5.74) is 6.14. The molecule has 0 spiro atoms. The predicted octanol–water partition coefficient (Wildman–Crippen LogP) is 2.44. The molecule has 0 saturated heterocycles. The second-order valence-electron chi connectivity index (χ2n) is 4.34. The van der Waals surface area contributed by atoms with Gasteiger partial charge in [0.25, 0.3) is 5.69 Å². The number of hydrogen-bond donors (Lipinski definition) is 2. The van der Waals surface area contributed by atoms with E-state index < -0.39 is 16.6 Å². The summed E-state index contributed by atoms with van der Waals surface area (Å²) in [6.45, 7) is 0.261. The van der Waals surface area contributed by atoms with Gasteiger partial charge < -0.3 is 11.1 Å². The monoisotopic (exact) mass is 289 g/mol. The van der Waals surface area contributed by atoms with Crippen molar-refractivity contribution in [2.75, 3.05) is 5.32 Å². The molecule has 0 bridgehead atoms. The molecule has 108 valence electrons. The van der Waals surface area contributed by atoms with Gasteiger partial charge in [0.15, 0.2) is 0 Å². The Morgan fingerprint density at radius 1 is 1.24 bits per heavy atom. The number of nitrogens with one attached hydrogen (secondary N) is 1. The first-order valence-electron chi connectivity index (χ1n) is 6.04. The predicted molar refractivity (Wildman–Crippen MR) is 75.3 cm³/mol. The number of nitrogens with two attached hydrogens (primary N) is 1. The molecule has 2 rings (SSSR count). The molecule has 7 heteroatoms. The Balaban J connectivity index is 2.10. The van der Waals surface area contributed by atoms with E-state index in [2.05, 4.69) is 5.32 Å². The third kappa shape index (κ3) is 3.53. The van der Waals surface area contributed by atoms with Crippen molar-refractivity contribution < 1.29 is 14.1 Å². The van der Waals surface area contributed by atoms with Crippen LogP contribution in [-0.4, -0.2) is 10.8 Å². The average molecular weight is 289 g/mol. The van der Waals surface area contributed by atoms with Gasteiger partial charge in [-0.3, -0.25) is 14.9 Å². The number of primary amides is 1. The standard InChI is InChI=1S/C14H12FN3O3/c15-12-6-5-11(18(20)21)7-13(12)17-8-9-1-3-10(4-2-9)14(16)19/h1-7,17H,8H2,(H2,16,19). The van der Waals surface area contributed by atoms with Crippen molar-refractivity contribution in [2.45, 2.75) is 6.54 Å². The molecule has 0 aromatic heterocycles. The minimum Gasteiger partial charge on any atom is -0.378 e. The van der Waals surface area contributed by atoms with Crippen molar-refractivity contribution >= 4 is 17.3 Å². The first-order chi connectivity index (χ1) is 9.97. The van der Waals surface area contributed by atoms with Gasteiger partial charge >= 0.3 is 0 Å². The van der Waals surface area contributed by atoms with E-state index in [0.717, 1.165) is 23.8 Å². The third-order valence-electron chi connectivity index (χ3n) is 2.88. The Bertz CT molecular complexity index is 686. The molecule has 21 heavy (non-hydrogen) atoms. The Morgan fingerprint density at radius 3 is 2.48 bits per heavy atom. The van der Waals surface area contributed by atoms with Gasteiger partial charge in [-0.05, 0) is 23.8 Å². The van der Waals surface area contributed by atoms with Gasteiger partial charge in [0.2, 0.25) is 5.91 Å². The van der Waals surface area contributed by atoms with E-state index in [9.17, 15) is 19.3 Å². The number of benzene rings is 2. The SMILES string of the molecule is NC(=O)c1ccc(CNc2cc([N+](=O)[O-])ccc2F)cc1. The Hall–Kier alpha value is -2.96. The van der Waals surface area contributed by atoms with Crippen LogP contribution in [-0.2, 0) is 6.54 Å². The average Bonchev–Trinajstić information content (AvgIpc) is 2.46. The van der Waals surface area contributed by atoms with Crippen molar-refractivity contribution in [3.63, 3.8) is 0 Å². The minimum atomic E-state index is -0.591. The van der Waals surface area contributed by atoms with Crippen molar-refractivity contribution in [1.29, 1.82) is 0 Å². The van der Waals surface area contributed by atoms with Gasteiger partial charge in [-0.2, -0.15) is 0 Å². The third-order valence-corrected chi connectivity index (χ3v) is 2.88. The summed E-state index contributed by atoms with van der Waals surface area (Å²) in [5, 5.41) is 13.4. The number of nitro groups is 1. The first-order valence-corrected chi connectivity index (χ1v) is 6.04. The summed E-state index contributed by atoms with van der Waals surface area (Å²) >= 11 is 0. The smallest absolute Gasteiger partial charge is 0.271 e. The zero-order chi connectivity index (χ0) is 15.4. The molecular weight excluding hydrogens is 277 g/mol. The Kier molecular flexibility index (Phi) is 4.13. The van der Waals surface area contributed by atoms with Gasteiger partial charge in [-0.1, -0.05) is 12.1 Å². The number of amides is 1. The quantitative estimate of drug-likeness (QED) is 0.652. The molecular formula is C14H12FN3O3. The summed E-state index contributed by atoms with van der Waals surface area (Å²) in [6.07, 6.45) is 0. The molecule has 0 aliphatic rings. The van der Waals surface area contributed by atoms with Crippen LogP contribution < -0.4 is 11.1 Å². The lowest BCUT2D eigenvalue weighted by Crippen LogP contribution is -2.10. The Morgan fingerprint density at radius 2 is 1.90 bits per heavy atom. The minimum absolute atomic E-state index is 0.0446. The van der Waals surface area contributed by atoms with Crippen LogP contribution in [0.5, 0.6) is 0 Å². The summed E-state index contributed by atoms with van der Waals surface area (Å²) in [7, 11) is 0. The van der Waals surface area contributed by atoms with Gasteiger partial charge in [-0.25, -0.2) is 4.39 Å². The molecule has 0 fully saturated rings. The second kappa shape index (κ2) is 6.00. The summed E-state index contributed by atoms with van der Waals surface area (Å²) < 4.78 is 13.6. The highest BCUT2D eigenvalue weighted by molar-refractivity contribution is 5.92. The highest BCUT2D eigenvalue weighted by Crippen LogP contribution is 2.21. The molecule has 1 amide bonds.